The van der Waals surface area contributed by atoms with Crippen LogP contribution in [0.15, 0.2) is 40.8 Å². The molecule has 2 aliphatic carbocycles. The van der Waals surface area contributed by atoms with Gasteiger partial charge in [0.25, 0.3) is 0 Å². The molecule has 3 rings (SSSR count). The van der Waals surface area contributed by atoms with Crippen LogP contribution in [0.25, 0.3) is 5.57 Å². The highest BCUT2D eigenvalue weighted by atomic mass is 32.2. The monoisotopic (exact) mass is 285 g/mol. The van der Waals surface area contributed by atoms with Gasteiger partial charge in [0.05, 0.1) is 0 Å². The Morgan fingerprint density at radius 1 is 1.25 bits per heavy atom. The maximum absolute atomic E-state index is 5.96. The van der Waals surface area contributed by atoms with Gasteiger partial charge in [-0.3, -0.25) is 0 Å². The molecular formula is C18H23NS. The lowest BCUT2D eigenvalue weighted by atomic mass is 9.89. The third-order valence-corrected chi connectivity index (χ3v) is 5.35. The van der Waals surface area contributed by atoms with Gasteiger partial charge < -0.3 is 5.73 Å². The van der Waals surface area contributed by atoms with Gasteiger partial charge in [-0.2, -0.15) is 0 Å². The number of benzene rings is 1. The van der Waals surface area contributed by atoms with E-state index in [2.05, 4.69) is 58.0 Å². The Balaban J connectivity index is 2.19. The number of nitrogens with two attached hydrogens (primary N) is 1. The number of hydrogen-bond donors (Lipinski definition) is 1. The molecule has 0 aliphatic heterocycles. The quantitative estimate of drug-likeness (QED) is 0.808. The summed E-state index contributed by atoms with van der Waals surface area (Å²) in [5.74, 6) is 0. The molecule has 0 aromatic heterocycles. The standard InChI is InChI=1S/C18H23NS/c1-17(2,3)20-15-7-5-6-14-12(11-19)8-9-13-10-18(13,4)16(14)15/h5-9H,10-11,19H2,1-4H3. The first-order valence-corrected chi connectivity index (χ1v) is 8.10. The predicted molar refractivity (Wildman–Crippen MR) is 89.1 cm³/mol. The summed E-state index contributed by atoms with van der Waals surface area (Å²) in [6.45, 7) is 9.81. The summed E-state index contributed by atoms with van der Waals surface area (Å²) in [4.78, 5) is 1.42. The highest BCUT2D eigenvalue weighted by Gasteiger charge is 2.48. The van der Waals surface area contributed by atoms with E-state index < -0.39 is 0 Å². The van der Waals surface area contributed by atoms with Gasteiger partial charge in [0.15, 0.2) is 0 Å². The molecule has 1 aromatic carbocycles. The van der Waals surface area contributed by atoms with Crippen LogP contribution >= 0.6 is 11.8 Å². The lowest BCUT2D eigenvalue weighted by Crippen LogP contribution is -2.13. The molecule has 20 heavy (non-hydrogen) atoms. The Kier molecular flexibility index (Phi) is 3.15. The highest BCUT2D eigenvalue weighted by Crippen LogP contribution is 2.59. The first-order valence-electron chi connectivity index (χ1n) is 7.28. The summed E-state index contributed by atoms with van der Waals surface area (Å²) in [7, 11) is 0. The van der Waals surface area contributed by atoms with E-state index in [1.165, 1.54) is 28.0 Å². The summed E-state index contributed by atoms with van der Waals surface area (Å²) < 4.78 is 0.225. The van der Waals surface area contributed by atoms with Gasteiger partial charge in [0, 0.05) is 21.6 Å². The van der Waals surface area contributed by atoms with E-state index in [0.717, 1.165) is 0 Å². The van der Waals surface area contributed by atoms with E-state index in [-0.39, 0.29) is 10.2 Å². The van der Waals surface area contributed by atoms with Gasteiger partial charge in [-0.15, -0.1) is 11.8 Å². The molecule has 1 atom stereocenters. The van der Waals surface area contributed by atoms with Crippen molar-refractivity contribution in [3.8, 4) is 0 Å². The molecule has 2 N–H and O–H groups in total. The predicted octanol–water partition coefficient (Wildman–Crippen LogP) is 4.52. The Morgan fingerprint density at radius 2 is 2.00 bits per heavy atom. The van der Waals surface area contributed by atoms with Crippen LogP contribution in [0.4, 0.5) is 0 Å². The smallest absolute Gasteiger partial charge is 0.0191 e. The highest BCUT2D eigenvalue weighted by molar-refractivity contribution is 8.00. The van der Waals surface area contributed by atoms with E-state index in [1.807, 2.05) is 11.8 Å². The topological polar surface area (TPSA) is 26.0 Å². The van der Waals surface area contributed by atoms with Crippen molar-refractivity contribution in [2.75, 3.05) is 6.54 Å². The SMILES string of the molecule is CC(C)(C)Sc1cccc2c1C1(C)CC1=CC=C2CN. The number of allylic oxidation sites excluding steroid dienone is 3. The molecule has 1 fully saturated rings. The van der Waals surface area contributed by atoms with Crippen molar-refractivity contribution < 1.29 is 0 Å². The third kappa shape index (κ3) is 2.25. The number of fused-ring (bicyclic) bond motifs is 3. The summed E-state index contributed by atoms with van der Waals surface area (Å²) >= 11 is 1.97. The maximum Gasteiger partial charge on any atom is 0.0191 e. The molecule has 1 unspecified atom stereocenters. The number of hydrogen-bond acceptors (Lipinski definition) is 2. The lowest BCUT2D eigenvalue weighted by Gasteiger charge is -2.25. The maximum atomic E-state index is 5.96. The normalized spacial score (nSPS) is 24.2. The zero-order valence-corrected chi connectivity index (χ0v) is 13.6. The third-order valence-electron chi connectivity index (χ3n) is 4.17. The Bertz CT molecular complexity index is 619. The fraction of sp³-hybridized carbons (Fsp3) is 0.444. The van der Waals surface area contributed by atoms with Crippen molar-refractivity contribution in [2.45, 2.75) is 49.2 Å². The largest absolute Gasteiger partial charge is 0.326 e. The van der Waals surface area contributed by atoms with Gasteiger partial charge in [-0.1, -0.05) is 57.6 Å². The molecule has 0 saturated heterocycles. The van der Waals surface area contributed by atoms with Crippen molar-refractivity contribution in [2.24, 2.45) is 5.73 Å². The van der Waals surface area contributed by atoms with E-state index in [0.29, 0.717) is 6.54 Å². The Labute approximate surface area is 126 Å². The molecule has 0 bridgehead atoms. The minimum absolute atomic E-state index is 0.225. The molecule has 0 amide bonds. The van der Waals surface area contributed by atoms with Crippen LogP contribution in [0.1, 0.15) is 45.2 Å². The number of rotatable bonds is 2. The van der Waals surface area contributed by atoms with Crippen LogP contribution in [0.2, 0.25) is 0 Å². The Hall–Kier alpha value is -0.990. The van der Waals surface area contributed by atoms with Gasteiger partial charge in [0.2, 0.25) is 0 Å². The minimum atomic E-state index is 0.225. The second-order valence-electron chi connectivity index (χ2n) is 6.99. The molecule has 1 saturated carbocycles. The summed E-state index contributed by atoms with van der Waals surface area (Å²) in [6.07, 6.45) is 5.70. The van der Waals surface area contributed by atoms with Crippen LogP contribution in [-0.4, -0.2) is 11.3 Å². The lowest BCUT2D eigenvalue weighted by molar-refractivity contribution is 0.778. The average molecular weight is 285 g/mol. The van der Waals surface area contributed by atoms with Crippen LogP contribution in [-0.2, 0) is 5.41 Å². The molecule has 2 aliphatic rings. The number of thioether (sulfide) groups is 1. The van der Waals surface area contributed by atoms with E-state index in [4.69, 9.17) is 5.73 Å². The summed E-state index contributed by atoms with van der Waals surface area (Å²) in [6, 6.07) is 6.68. The van der Waals surface area contributed by atoms with Crippen LogP contribution < -0.4 is 5.73 Å². The van der Waals surface area contributed by atoms with Crippen LogP contribution in [0.3, 0.4) is 0 Å². The van der Waals surface area contributed by atoms with Crippen molar-refractivity contribution in [3.05, 3.63) is 47.1 Å². The van der Waals surface area contributed by atoms with Gasteiger partial charge in [0.1, 0.15) is 0 Å². The van der Waals surface area contributed by atoms with Crippen molar-refractivity contribution in [1.29, 1.82) is 0 Å². The average Bonchev–Trinajstić information content (AvgIpc) is 3.00. The fourth-order valence-electron chi connectivity index (χ4n) is 3.08. The molecule has 106 valence electrons. The molecule has 0 heterocycles. The molecule has 0 spiro atoms. The first kappa shape index (κ1) is 14.0. The zero-order chi connectivity index (χ0) is 14.5. The second-order valence-corrected chi connectivity index (χ2v) is 8.86. The molecule has 0 radical (unpaired) electrons. The molecular weight excluding hydrogens is 262 g/mol. The molecule has 2 heteroatoms. The molecule has 1 nitrogen and oxygen atoms in total. The van der Waals surface area contributed by atoms with Crippen LogP contribution in [0, 0.1) is 0 Å². The van der Waals surface area contributed by atoms with Gasteiger partial charge >= 0.3 is 0 Å². The van der Waals surface area contributed by atoms with E-state index in [1.54, 1.807) is 5.57 Å². The Morgan fingerprint density at radius 3 is 2.65 bits per heavy atom. The van der Waals surface area contributed by atoms with Crippen molar-refractivity contribution in [1.82, 2.24) is 0 Å². The second kappa shape index (κ2) is 4.51. The van der Waals surface area contributed by atoms with E-state index >= 15 is 0 Å². The van der Waals surface area contributed by atoms with Crippen molar-refractivity contribution in [3.63, 3.8) is 0 Å². The van der Waals surface area contributed by atoms with Gasteiger partial charge in [-0.25, -0.2) is 0 Å². The first-order chi connectivity index (χ1) is 9.35. The fourth-order valence-corrected chi connectivity index (χ4v) is 4.32. The zero-order valence-electron chi connectivity index (χ0n) is 12.8. The van der Waals surface area contributed by atoms with Crippen molar-refractivity contribution >= 4 is 17.3 Å². The molecule has 1 aromatic rings. The summed E-state index contributed by atoms with van der Waals surface area (Å²) in [5, 5.41) is 0. The summed E-state index contributed by atoms with van der Waals surface area (Å²) in [5.41, 5.74) is 11.9. The minimum Gasteiger partial charge on any atom is -0.326 e. The van der Waals surface area contributed by atoms with E-state index in [9.17, 15) is 0 Å². The van der Waals surface area contributed by atoms with Gasteiger partial charge in [-0.05, 0) is 29.2 Å². The van der Waals surface area contributed by atoms with Crippen LogP contribution in [0.5, 0.6) is 0 Å².